The van der Waals surface area contributed by atoms with E-state index in [1.54, 1.807) is 12.4 Å². The summed E-state index contributed by atoms with van der Waals surface area (Å²) in [5.74, 6) is 1.11. The Bertz CT molecular complexity index is 732. The number of rotatable bonds is 2. The zero-order chi connectivity index (χ0) is 14.4. The van der Waals surface area contributed by atoms with Gasteiger partial charge in [0.15, 0.2) is 5.82 Å². The summed E-state index contributed by atoms with van der Waals surface area (Å²) < 4.78 is 0. The minimum Gasteiger partial charge on any atom is -0.349 e. The monoisotopic (exact) mass is 303 g/mol. The van der Waals surface area contributed by atoms with E-state index in [4.69, 9.17) is 11.6 Å². The zero-order valence-corrected chi connectivity index (χ0v) is 12.0. The van der Waals surface area contributed by atoms with Crippen molar-refractivity contribution in [3.05, 3.63) is 39.9 Å². The molecule has 6 nitrogen and oxygen atoms in total. The van der Waals surface area contributed by atoms with Crippen molar-refractivity contribution in [1.29, 1.82) is 0 Å². The molecule has 21 heavy (non-hydrogen) atoms. The fourth-order valence-electron chi connectivity index (χ4n) is 3.10. The third-order valence-corrected chi connectivity index (χ3v) is 4.47. The van der Waals surface area contributed by atoms with E-state index in [9.17, 15) is 4.79 Å². The average Bonchev–Trinajstić information content (AvgIpc) is 3.13. The number of nitrogens with one attached hydrogen (secondary N) is 2. The van der Waals surface area contributed by atoms with Crippen LogP contribution in [0.4, 0.5) is 5.82 Å². The summed E-state index contributed by atoms with van der Waals surface area (Å²) in [6.45, 7) is 1.76. The Morgan fingerprint density at radius 2 is 2.14 bits per heavy atom. The SMILES string of the molecule is O=c1[nH]c(-c2ccncc2)nc(N2C[C@H]3C[C@@H]2CN3)c1Cl. The molecule has 108 valence electrons. The van der Waals surface area contributed by atoms with Gasteiger partial charge in [0.05, 0.1) is 0 Å². The Labute approximate surface area is 126 Å². The minimum atomic E-state index is -0.302. The van der Waals surface area contributed by atoms with Gasteiger partial charge in [0, 0.05) is 43.1 Å². The second kappa shape index (κ2) is 4.82. The van der Waals surface area contributed by atoms with Gasteiger partial charge < -0.3 is 15.2 Å². The first-order chi connectivity index (χ1) is 10.2. The lowest BCUT2D eigenvalue weighted by Gasteiger charge is -2.29. The van der Waals surface area contributed by atoms with Gasteiger partial charge in [0.25, 0.3) is 5.56 Å². The molecule has 7 heteroatoms. The summed E-state index contributed by atoms with van der Waals surface area (Å²) >= 11 is 6.19. The summed E-state index contributed by atoms with van der Waals surface area (Å²) in [4.78, 5) is 25.5. The summed E-state index contributed by atoms with van der Waals surface area (Å²) in [5, 5.41) is 3.60. The second-order valence-electron chi connectivity index (χ2n) is 5.44. The molecule has 2 aromatic rings. The van der Waals surface area contributed by atoms with Crippen molar-refractivity contribution in [2.45, 2.75) is 18.5 Å². The highest BCUT2D eigenvalue weighted by Gasteiger charge is 2.39. The maximum absolute atomic E-state index is 12.1. The lowest BCUT2D eigenvalue weighted by Crippen LogP contribution is -2.44. The molecule has 2 N–H and O–H groups in total. The molecular formula is C14H14ClN5O. The van der Waals surface area contributed by atoms with Crippen molar-refractivity contribution in [1.82, 2.24) is 20.3 Å². The molecule has 0 aromatic carbocycles. The number of H-pyrrole nitrogens is 1. The van der Waals surface area contributed by atoms with Crippen LogP contribution in [0, 0.1) is 0 Å². The summed E-state index contributed by atoms with van der Waals surface area (Å²) in [6, 6.07) is 4.46. The largest absolute Gasteiger partial charge is 0.349 e. The molecule has 2 saturated heterocycles. The predicted octanol–water partition coefficient (Wildman–Crippen LogP) is 1.04. The molecule has 0 unspecified atom stereocenters. The maximum atomic E-state index is 12.1. The summed E-state index contributed by atoms with van der Waals surface area (Å²) in [6.07, 6.45) is 4.42. The van der Waals surface area contributed by atoms with Crippen LogP contribution in [-0.4, -0.2) is 40.1 Å². The Morgan fingerprint density at radius 3 is 2.81 bits per heavy atom. The first kappa shape index (κ1) is 12.8. The Kier molecular flexibility index (Phi) is 2.94. The normalized spacial score (nSPS) is 23.8. The van der Waals surface area contributed by atoms with Gasteiger partial charge >= 0.3 is 0 Å². The van der Waals surface area contributed by atoms with E-state index in [0.717, 1.165) is 25.1 Å². The Morgan fingerprint density at radius 1 is 1.33 bits per heavy atom. The molecule has 0 radical (unpaired) electrons. The molecule has 2 bridgehead atoms. The van der Waals surface area contributed by atoms with E-state index in [2.05, 4.69) is 25.2 Å². The summed E-state index contributed by atoms with van der Waals surface area (Å²) in [7, 11) is 0. The Hall–Kier alpha value is -1.92. The van der Waals surface area contributed by atoms with Crippen LogP contribution >= 0.6 is 11.6 Å². The lowest BCUT2D eigenvalue weighted by atomic mass is 10.2. The van der Waals surface area contributed by atoms with E-state index < -0.39 is 0 Å². The van der Waals surface area contributed by atoms with Crippen LogP contribution in [0.5, 0.6) is 0 Å². The van der Waals surface area contributed by atoms with Crippen molar-refractivity contribution in [2.75, 3.05) is 18.0 Å². The predicted molar refractivity (Wildman–Crippen MR) is 80.6 cm³/mol. The smallest absolute Gasteiger partial charge is 0.272 e. The highest BCUT2D eigenvalue weighted by atomic mass is 35.5. The standard InChI is InChI=1S/C14H14ClN5O/c15-11-13(20-7-9-5-10(20)6-17-9)18-12(19-14(11)21)8-1-3-16-4-2-8/h1-4,9-10,17H,5-7H2,(H,18,19,21)/t9-,10-/m1/s1. The van der Waals surface area contributed by atoms with E-state index >= 15 is 0 Å². The van der Waals surface area contributed by atoms with Gasteiger partial charge in [0.1, 0.15) is 10.8 Å². The highest BCUT2D eigenvalue weighted by Crippen LogP contribution is 2.32. The van der Waals surface area contributed by atoms with E-state index in [1.165, 1.54) is 0 Å². The third-order valence-electron chi connectivity index (χ3n) is 4.13. The molecule has 2 aromatic heterocycles. The van der Waals surface area contributed by atoms with Crippen molar-refractivity contribution in [3.8, 4) is 11.4 Å². The number of aromatic amines is 1. The van der Waals surface area contributed by atoms with Crippen LogP contribution in [0.1, 0.15) is 6.42 Å². The first-order valence-corrected chi connectivity index (χ1v) is 7.30. The quantitative estimate of drug-likeness (QED) is 0.867. The van der Waals surface area contributed by atoms with Crippen LogP contribution in [0.25, 0.3) is 11.4 Å². The number of nitrogens with zero attached hydrogens (tertiary/aromatic N) is 3. The molecule has 0 saturated carbocycles. The van der Waals surface area contributed by atoms with Crippen LogP contribution in [-0.2, 0) is 0 Å². The van der Waals surface area contributed by atoms with Crippen LogP contribution < -0.4 is 15.8 Å². The molecule has 2 aliphatic heterocycles. The van der Waals surface area contributed by atoms with Gasteiger partial charge in [-0.2, -0.15) is 0 Å². The molecule has 0 aliphatic carbocycles. The highest BCUT2D eigenvalue weighted by molar-refractivity contribution is 6.32. The van der Waals surface area contributed by atoms with E-state index in [0.29, 0.717) is 23.7 Å². The van der Waals surface area contributed by atoms with Crippen molar-refractivity contribution < 1.29 is 0 Å². The molecule has 2 fully saturated rings. The fourth-order valence-corrected chi connectivity index (χ4v) is 3.30. The van der Waals surface area contributed by atoms with Crippen LogP contribution in [0.3, 0.4) is 0 Å². The Balaban J connectivity index is 1.80. The topological polar surface area (TPSA) is 73.9 Å². The zero-order valence-electron chi connectivity index (χ0n) is 11.2. The summed E-state index contributed by atoms with van der Waals surface area (Å²) in [5.41, 5.74) is 0.520. The fraction of sp³-hybridized carbons (Fsp3) is 0.357. The lowest BCUT2D eigenvalue weighted by molar-refractivity contribution is 0.576. The molecule has 0 amide bonds. The van der Waals surface area contributed by atoms with Crippen LogP contribution in [0.2, 0.25) is 5.02 Å². The average molecular weight is 304 g/mol. The van der Waals surface area contributed by atoms with Gasteiger partial charge in [-0.15, -0.1) is 0 Å². The number of anilines is 1. The van der Waals surface area contributed by atoms with Crippen molar-refractivity contribution >= 4 is 17.4 Å². The van der Waals surface area contributed by atoms with Gasteiger partial charge in [-0.05, 0) is 18.6 Å². The van der Waals surface area contributed by atoms with Gasteiger partial charge in [-0.25, -0.2) is 4.98 Å². The van der Waals surface area contributed by atoms with Crippen molar-refractivity contribution in [3.63, 3.8) is 0 Å². The number of pyridine rings is 1. The minimum absolute atomic E-state index is 0.167. The van der Waals surface area contributed by atoms with E-state index in [-0.39, 0.29) is 10.6 Å². The second-order valence-corrected chi connectivity index (χ2v) is 5.81. The number of hydrogen-bond donors (Lipinski definition) is 2. The number of aromatic nitrogens is 3. The molecular weight excluding hydrogens is 290 g/mol. The van der Waals surface area contributed by atoms with Gasteiger partial charge in [0.2, 0.25) is 0 Å². The molecule has 4 heterocycles. The molecule has 2 aliphatic rings. The number of fused-ring (bicyclic) bond motifs is 2. The maximum Gasteiger partial charge on any atom is 0.272 e. The number of hydrogen-bond acceptors (Lipinski definition) is 5. The first-order valence-electron chi connectivity index (χ1n) is 6.92. The van der Waals surface area contributed by atoms with E-state index in [1.807, 2.05) is 12.1 Å². The van der Waals surface area contributed by atoms with Crippen LogP contribution in [0.15, 0.2) is 29.3 Å². The van der Waals surface area contributed by atoms with Crippen molar-refractivity contribution in [2.24, 2.45) is 0 Å². The number of piperazine rings is 1. The molecule has 2 atom stereocenters. The van der Waals surface area contributed by atoms with Gasteiger partial charge in [-0.3, -0.25) is 9.78 Å². The molecule has 0 spiro atoms. The van der Waals surface area contributed by atoms with Gasteiger partial charge in [-0.1, -0.05) is 11.6 Å². The third kappa shape index (κ3) is 2.11. The number of halogens is 1. The molecule has 4 rings (SSSR count).